The number of fused-ring (bicyclic) bond motifs is 1. The maximum Gasteiger partial charge on any atom is 0.295 e. The van der Waals surface area contributed by atoms with Gasteiger partial charge in [-0.05, 0) is 42.3 Å². The number of amides is 1. The minimum Gasteiger partial charge on any atom is -0.507 e. The van der Waals surface area contributed by atoms with E-state index in [4.69, 9.17) is 4.74 Å². The van der Waals surface area contributed by atoms with Crippen molar-refractivity contribution in [2.75, 3.05) is 0 Å². The first-order chi connectivity index (χ1) is 15.9. The SMILES string of the molecule is C[C@@H]1Cc2cc(C(O)=C3C(=O)C(=O)N(Cc4ccccc4)[C@H]3c3ccccc3F)ccc2O1. The fourth-order valence-electron chi connectivity index (χ4n) is 4.57. The minimum absolute atomic E-state index is 0.0206. The molecule has 3 aromatic carbocycles. The Hall–Kier alpha value is -3.93. The number of benzene rings is 3. The second-order valence-corrected chi connectivity index (χ2v) is 8.39. The van der Waals surface area contributed by atoms with E-state index in [1.165, 1.54) is 17.0 Å². The summed E-state index contributed by atoms with van der Waals surface area (Å²) in [7, 11) is 0. The Morgan fingerprint density at radius 3 is 2.55 bits per heavy atom. The molecule has 0 unspecified atom stereocenters. The lowest BCUT2D eigenvalue weighted by molar-refractivity contribution is -0.140. The second-order valence-electron chi connectivity index (χ2n) is 8.39. The molecular formula is C27H22FNO4. The highest BCUT2D eigenvalue weighted by Gasteiger charge is 2.47. The largest absolute Gasteiger partial charge is 0.507 e. The highest BCUT2D eigenvalue weighted by Crippen LogP contribution is 2.42. The Morgan fingerprint density at radius 1 is 1.06 bits per heavy atom. The molecule has 1 N–H and O–H groups in total. The maximum atomic E-state index is 14.9. The van der Waals surface area contributed by atoms with Crippen LogP contribution in [-0.2, 0) is 22.6 Å². The molecule has 0 spiro atoms. The first-order valence-corrected chi connectivity index (χ1v) is 10.8. The second kappa shape index (κ2) is 8.20. The van der Waals surface area contributed by atoms with Gasteiger partial charge in [0.25, 0.3) is 11.7 Å². The lowest BCUT2D eigenvalue weighted by Crippen LogP contribution is -2.29. The van der Waals surface area contributed by atoms with Gasteiger partial charge in [-0.1, -0.05) is 48.5 Å². The molecule has 0 bridgehead atoms. The molecule has 2 atom stereocenters. The number of aliphatic hydroxyl groups is 1. The quantitative estimate of drug-likeness (QED) is 0.358. The molecule has 0 saturated carbocycles. The smallest absolute Gasteiger partial charge is 0.295 e. The van der Waals surface area contributed by atoms with Crippen molar-refractivity contribution in [2.24, 2.45) is 0 Å². The summed E-state index contributed by atoms with van der Waals surface area (Å²) in [4.78, 5) is 27.5. The van der Waals surface area contributed by atoms with Crippen LogP contribution in [0.25, 0.3) is 5.76 Å². The Kier molecular flexibility index (Phi) is 5.21. The number of carbonyl (C=O) groups is 2. The zero-order valence-electron chi connectivity index (χ0n) is 18.0. The van der Waals surface area contributed by atoms with E-state index in [2.05, 4.69) is 0 Å². The molecule has 6 heteroatoms. The molecule has 0 aliphatic carbocycles. The first kappa shape index (κ1) is 20.9. The number of aliphatic hydroxyl groups excluding tert-OH is 1. The van der Waals surface area contributed by atoms with E-state index in [1.807, 2.05) is 37.3 Å². The van der Waals surface area contributed by atoms with Gasteiger partial charge in [-0.3, -0.25) is 9.59 Å². The zero-order valence-corrected chi connectivity index (χ0v) is 18.0. The molecule has 0 radical (unpaired) electrons. The Morgan fingerprint density at radius 2 is 1.79 bits per heavy atom. The van der Waals surface area contributed by atoms with E-state index in [0.29, 0.717) is 12.0 Å². The minimum atomic E-state index is -1.05. The summed E-state index contributed by atoms with van der Waals surface area (Å²) in [5, 5.41) is 11.2. The van der Waals surface area contributed by atoms with Crippen molar-refractivity contribution in [3.63, 3.8) is 0 Å². The third-order valence-corrected chi connectivity index (χ3v) is 6.10. The zero-order chi connectivity index (χ0) is 23.1. The predicted molar refractivity (Wildman–Crippen MR) is 121 cm³/mol. The van der Waals surface area contributed by atoms with E-state index >= 15 is 0 Å². The average Bonchev–Trinajstić information content (AvgIpc) is 3.31. The molecule has 5 rings (SSSR count). The van der Waals surface area contributed by atoms with Gasteiger partial charge in [0.15, 0.2) is 0 Å². The van der Waals surface area contributed by atoms with E-state index in [0.717, 1.165) is 16.9 Å². The average molecular weight is 443 g/mol. The number of rotatable bonds is 4. The van der Waals surface area contributed by atoms with E-state index in [1.54, 1.807) is 30.3 Å². The highest BCUT2D eigenvalue weighted by molar-refractivity contribution is 6.46. The summed E-state index contributed by atoms with van der Waals surface area (Å²) in [6, 6.07) is 19.3. The van der Waals surface area contributed by atoms with Crippen molar-refractivity contribution in [2.45, 2.75) is 32.0 Å². The number of carbonyl (C=O) groups excluding carboxylic acids is 2. The molecule has 2 heterocycles. The number of hydrogen-bond acceptors (Lipinski definition) is 4. The third-order valence-electron chi connectivity index (χ3n) is 6.10. The van der Waals surface area contributed by atoms with E-state index in [9.17, 15) is 19.1 Å². The number of likely N-dealkylation sites (tertiary alicyclic amines) is 1. The van der Waals surface area contributed by atoms with E-state index in [-0.39, 0.29) is 29.5 Å². The van der Waals surface area contributed by atoms with Crippen LogP contribution in [0.4, 0.5) is 4.39 Å². The Labute approximate surface area is 190 Å². The van der Waals surface area contributed by atoms with Crippen LogP contribution >= 0.6 is 0 Å². The summed E-state index contributed by atoms with van der Waals surface area (Å²) in [5.41, 5.74) is 2.14. The van der Waals surface area contributed by atoms with Crippen LogP contribution in [0.5, 0.6) is 5.75 Å². The van der Waals surface area contributed by atoms with Crippen LogP contribution in [0.2, 0.25) is 0 Å². The first-order valence-electron chi connectivity index (χ1n) is 10.8. The third kappa shape index (κ3) is 3.67. The predicted octanol–water partition coefficient (Wildman–Crippen LogP) is 4.77. The van der Waals surface area contributed by atoms with Crippen LogP contribution in [0.15, 0.2) is 78.4 Å². The number of ketones is 1. The normalized spacial score (nSPS) is 21.2. The molecular weight excluding hydrogens is 421 g/mol. The van der Waals surface area contributed by atoms with Crippen molar-refractivity contribution in [1.82, 2.24) is 4.90 Å². The Bertz CT molecular complexity index is 1280. The van der Waals surface area contributed by atoms with Gasteiger partial charge in [-0.2, -0.15) is 0 Å². The van der Waals surface area contributed by atoms with E-state index < -0.39 is 23.5 Å². The topological polar surface area (TPSA) is 66.8 Å². The molecule has 2 aliphatic heterocycles. The summed E-state index contributed by atoms with van der Waals surface area (Å²) >= 11 is 0. The molecule has 3 aromatic rings. The van der Waals surface area contributed by atoms with Gasteiger partial charge in [0.05, 0.1) is 11.6 Å². The van der Waals surface area contributed by atoms with Crippen LogP contribution in [-0.4, -0.2) is 27.8 Å². The molecule has 1 amide bonds. The van der Waals surface area contributed by atoms with Crippen molar-refractivity contribution in [3.05, 3.63) is 106 Å². The molecule has 2 aliphatic rings. The van der Waals surface area contributed by atoms with Crippen molar-refractivity contribution in [1.29, 1.82) is 0 Å². The molecule has 5 nitrogen and oxygen atoms in total. The van der Waals surface area contributed by atoms with Crippen molar-refractivity contribution >= 4 is 17.4 Å². The van der Waals surface area contributed by atoms with Crippen LogP contribution in [0.1, 0.15) is 35.2 Å². The Balaban J connectivity index is 1.65. The summed E-state index contributed by atoms with van der Waals surface area (Å²) in [5.74, 6) is -1.74. The maximum absolute atomic E-state index is 14.9. The van der Waals surface area contributed by atoms with Crippen LogP contribution in [0.3, 0.4) is 0 Å². The number of ether oxygens (including phenoxy) is 1. The fraction of sp³-hybridized carbons (Fsp3) is 0.185. The number of hydrogen-bond donors (Lipinski definition) is 1. The van der Waals surface area contributed by atoms with Crippen molar-refractivity contribution < 1.29 is 23.8 Å². The van der Waals surface area contributed by atoms with Gasteiger partial charge in [0, 0.05) is 24.1 Å². The van der Waals surface area contributed by atoms with Gasteiger partial charge in [0.2, 0.25) is 0 Å². The standard InChI is InChI=1S/C27H22FNO4/c1-16-13-19-14-18(11-12-22(19)33-16)25(30)23-24(20-9-5-6-10-21(20)28)29(27(32)26(23)31)15-17-7-3-2-4-8-17/h2-12,14,16,24,30H,13,15H2,1H3/t16-,24+/m1/s1. The lowest BCUT2D eigenvalue weighted by Gasteiger charge is -2.25. The van der Waals surface area contributed by atoms with Gasteiger partial charge in [0.1, 0.15) is 23.4 Å². The molecule has 1 saturated heterocycles. The summed E-state index contributed by atoms with van der Waals surface area (Å²) in [6.07, 6.45) is 0.697. The van der Waals surface area contributed by atoms with Gasteiger partial charge < -0.3 is 14.7 Å². The number of Topliss-reactive ketones (excluding diaryl/α,β-unsaturated/α-hetero) is 1. The number of halogens is 1. The molecule has 166 valence electrons. The highest BCUT2D eigenvalue weighted by atomic mass is 19.1. The lowest BCUT2D eigenvalue weighted by atomic mass is 9.94. The van der Waals surface area contributed by atoms with Crippen LogP contribution in [0, 0.1) is 5.82 Å². The molecule has 1 fully saturated rings. The summed E-state index contributed by atoms with van der Waals surface area (Å²) in [6.45, 7) is 2.06. The van der Waals surface area contributed by atoms with Gasteiger partial charge in [-0.25, -0.2) is 4.39 Å². The van der Waals surface area contributed by atoms with Crippen LogP contribution < -0.4 is 4.74 Å². The van der Waals surface area contributed by atoms with Gasteiger partial charge in [-0.15, -0.1) is 0 Å². The van der Waals surface area contributed by atoms with Crippen molar-refractivity contribution in [3.8, 4) is 5.75 Å². The fourth-order valence-corrected chi connectivity index (χ4v) is 4.57. The molecule has 0 aromatic heterocycles. The summed E-state index contributed by atoms with van der Waals surface area (Å²) < 4.78 is 20.6. The number of nitrogens with zero attached hydrogens (tertiary/aromatic N) is 1. The monoisotopic (exact) mass is 443 g/mol. The molecule has 33 heavy (non-hydrogen) atoms. The van der Waals surface area contributed by atoms with Gasteiger partial charge >= 0.3 is 0 Å².